The van der Waals surface area contributed by atoms with Crippen LogP contribution in [0.2, 0.25) is 0 Å². The van der Waals surface area contributed by atoms with Crippen molar-refractivity contribution in [1.29, 1.82) is 0 Å². The summed E-state index contributed by atoms with van der Waals surface area (Å²) in [6.07, 6.45) is 4.09. The molecule has 1 aliphatic carbocycles. The van der Waals surface area contributed by atoms with E-state index in [-0.39, 0.29) is 5.88 Å². The standard InChI is InChI=1S/C21H27N3OS/c1-15(2)16-4-6-17(7-5-16)21-12-18(21)13-24(14-21)10-3-11-26-20-22-9-8-19(25)23-20/h4-9,15,18H,3,10-14H2,1-2H3,(H,22,23,25)/t18-,21+/m0/s1. The maximum absolute atomic E-state index is 9.39. The summed E-state index contributed by atoms with van der Waals surface area (Å²) in [6, 6.07) is 10.9. The highest BCUT2D eigenvalue weighted by Crippen LogP contribution is 2.59. The van der Waals surface area contributed by atoms with Gasteiger partial charge in [0.25, 0.3) is 0 Å². The number of thioether (sulfide) groups is 1. The third-order valence-electron chi connectivity index (χ3n) is 5.84. The molecule has 4 rings (SSSR count). The Hall–Kier alpha value is -1.59. The molecule has 1 N–H and O–H groups in total. The normalized spacial score (nSPS) is 24.8. The second kappa shape index (κ2) is 7.20. The van der Waals surface area contributed by atoms with E-state index in [4.69, 9.17) is 0 Å². The van der Waals surface area contributed by atoms with Crippen LogP contribution in [0.1, 0.15) is 43.7 Å². The SMILES string of the molecule is CC(C)c1ccc([C@]23C[C@H]2CN(CCCSc2nccc(O)n2)C3)cc1. The molecule has 2 fully saturated rings. The van der Waals surface area contributed by atoms with Crippen molar-refractivity contribution >= 4 is 11.8 Å². The predicted octanol–water partition coefficient (Wildman–Crippen LogP) is 4.06. The van der Waals surface area contributed by atoms with Crippen molar-refractivity contribution in [2.75, 3.05) is 25.4 Å². The summed E-state index contributed by atoms with van der Waals surface area (Å²) in [5.41, 5.74) is 3.40. The average Bonchev–Trinajstić information content (AvgIpc) is 3.21. The smallest absolute Gasteiger partial charge is 0.214 e. The number of benzene rings is 1. The monoisotopic (exact) mass is 369 g/mol. The minimum atomic E-state index is 0.0487. The van der Waals surface area contributed by atoms with E-state index >= 15 is 0 Å². The molecule has 2 aliphatic rings. The number of nitrogens with zero attached hydrogens (tertiary/aromatic N) is 3. The zero-order valence-electron chi connectivity index (χ0n) is 15.6. The number of hydrogen-bond acceptors (Lipinski definition) is 5. The van der Waals surface area contributed by atoms with E-state index in [1.165, 1.54) is 36.7 Å². The molecule has 0 spiro atoms. The van der Waals surface area contributed by atoms with Gasteiger partial charge in [-0.05, 0) is 42.3 Å². The van der Waals surface area contributed by atoms with Crippen LogP contribution in [0.5, 0.6) is 5.88 Å². The third-order valence-corrected chi connectivity index (χ3v) is 6.78. The summed E-state index contributed by atoms with van der Waals surface area (Å²) in [6.45, 7) is 8.08. The fourth-order valence-electron chi connectivity index (χ4n) is 4.26. The van der Waals surface area contributed by atoms with E-state index in [1.807, 2.05) is 0 Å². The number of hydrogen-bond donors (Lipinski definition) is 1. The van der Waals surface area contributed by atoms with E-state index in [9.17, 15) is 5.11 Å². The molecule has 2 atom stereocenters. The minimum Gasteiger partial charge on any atom is -0.493 e. The molecule has 1 aromatic heterocycles. The molecule has 1 aromatic carbocycles. The zero-order chi connectivity index (χ0) is 18.1. The summed E-state index contributed by atoms with van der Waals surface area (Å²) >= 11 is 1.62. The highest BCUT2D eigenvalue weighted by atomic mass is 32.2. The Morgan fingerprint density at radius 3 is 2.81 bits per heavy atom. The van der Waals surface area contributed by atoms with Gasteiger partial charge in [-0.1, -0.05) is 49.9 Å². The largest absolute Gasteiger partial charge is 0.493 e. The number of fused-ring (bicyclic) bond motifs is 1. The molecule has 26 heavy (non-hydrogen) atoms. The van der Waals surface area contributed by atoms with Gasteiger partial charge in [-0.3, -0.25) is 0 Å². The number of aromatic nitrogens is 2. The molecule has 4 nitrogen and oxygen atoms in total. The van der Waals surface area contributed by atoms with E-state index in [2.05, 4.69) is 53.0 Å². The summed E-state index contributed by atoms with van der Waals surface area (Å²) in [7, 11) is 0. The van der Waals surface area contributed by atoms with E-state index in [0.29, 0.717) is 16.5 Å². The van der Waals surface area contributed by atoms with Crippen LogP contribution in [0.4, 0.5) is 0 Å². The van der Waals surface area contributed by atoms with Crippen molar-refractivity contribution < 1.29 is 5.11 Å². The minimum absolute atomic E-state index is 0.0487. The Morgan fingerprint density at radius 1 is 1.27 bits per heavy atom. The first kappa shape index (κ1) is 17.8. The van der Waals surface area contributed by atoms with Crippen molar-refractivity contribution in [1.82, 2.24) is 14.9 Å². The summed E-state index contributed by atoms with van der Waals surface area (Å²) in [5.74, 6) is 2.48. The van der Waals surface area contributed by atoms with Gasteiger partial charge in [-0.15, -0.1) is 0 Å². The average molecular weight is 370 g/mol. The fourth-order valence-corrected chi connectivity index (χ4v) is 5.01. The fraction of sp³-hybridized carbons (Fsp3) is 0.524. The maximum Gasteiger partial charge on any atom is 0.214 e. The Kier molecular flexibility index (Phi) is 4.93. The van der Waals surface area contributed by atoms with Crippen molar-refractivity contribution in [3.05, 3.63) is 47.7 Å². The molecule has 138 valence electrons. The third kappa shape index (κ3) is 3.60. The van der Waals surface area contributed by atoms with Gasteiger partial charge in [-0.25, -0.2) is 4.98 Å². The van der Waals surface area contributed by atoms with Crippen molar-refractivity contribution in [2.45, 2.75) is 43.2 Å². The van der Waals surface area contributed by atoms with E-state index in [0.717, 1.165) is 24.6 Å². The van der Waals surface area contributed by atoms with Crippen LogP contribution in [-0.4, -0.2) is 45.4 Å². The van der Waals surface area contributed by atoms with Gasteiger partial charge >= 0.3 is 0 Å². The molecule has 5 heteroatoms. The summed E-state index contributed by atoms with van der Waals surface area (Å²) < 4.78 is 0. The van der Waals surface area contributed by atoms with Gasteiger partial charge in [0.2, 0.25) is 5.88 Å². The van der Waals surface area contributed by atoms with Crippen molar-refractivity contribution in [3.8, 4) is 5.88 Å². The van der Waals surface area contributed by atoms with Gasteiger partial charge in [0.15, 0.2) is 5.16 Å². The number of aromatic hydroxyl groups is 1. The van der Waals surface area contributed by atoms with Crippen molar-refractivity contribution in [3.63, 3.8) is 0 Å². The highest BCUT2D eigenvalue weighted by Gasteiger charge is 2.60. The lowest BCUT2D eigenvalue weighted by atomic mass is 9.92. The molecule has 0 bridgehead atoms. The van der Waals surface area contributed by atoms with Gasteiger partial charge in [-0.2, -0.15) is 4.98 Å². The number of piperidine rings is 1. The molecule has 1 saturated heterocycles. The molecule has 2 aromatic rings. The van der Waals surface area contributed by atoms with Crippen LogP contribution in [0.3, 0.4) is 0 Å². The Labute approximate surface area is 160 Å². The molecular formula is C21H27N3OS. The topological polar surface area (TPSA) is 49.2 Å². The van der Waals surface area contributed by atoms with Crippen LogP contribution in [0.15, 0.2) is 41.7 Å². The number of rotatable bonds is 7. The summed E-state index contributed by atoms with van der Waals surface area (Å²) in [5, 5.41) is 10.1. The zero-order valence-corrected chi connectivity index (χ0v) is 16.4. The first-order valence-corrected chi connectivity index (χ1v) is 10.5. The highest BCUT2D eigenvalue weighted by molar-refractivity contribution is 7.99. The van der Waals surface area contributed by atoms with Crippen LogP contribution >= 0.6 is 11.8 Å². The van der Waals surface area contributed by atoms with E-state index < -0.39 is 0 Å². The van der Waals surface area contributed by atoms with Crippen LogP contribution in [0, 0.1) is 5.92 Å². The summed E-state index contributed by atoms with van der Waals surface area (Å²) in [4.78, 5) is 10.8. The Balaban J connectivity index is 1.26. The van der Waals surface area contributed by atoms with Gasteiger partial charge in [0.05, 0.1) is 0 Å². The van der Waals surface area contributed by atoms with Crippen LogP contribution in [0.25, 0.3) is 0 Å². The second-order valence-corrected chi connectivity index (χ2v) is 9.03. The molecule has 0 amide bonds. The lowest BCUT2D eigenvalue weighted by Crippen LogP contribution is -2.27. The molecule has 1 saturated carbocycles. The molecule has 2 heterocycles. The van der Waals surface area contributed by atoms with Crippen LogP contribution in [-0.2, 0) is 5.41 Å². The second-order valence-electron chi connectivity index (χ2n) is 7.97. The lowest BCUT2D eigenvalue weighted by molar-refractivity contribution is 0.299. The van der Waals surface area contributed by atoms with Gasteiger partial charge in [0.1, 0.15) is 0 Å². The van der Waals surface area contributed by atoms with Crippen LogP contribution < -0.4 is 0 Å². The lowest BCUT2D eigenvalue weighted by Gasteiger charge is -2.21. The van der Waals surface area contributed by atoms with Gasteiger partial charge < -0.3 is 10.0 Å². The molecule has 0 unspecified atom stereocenters. The Morgan fingerprint density at radius 2 is 2.08 bits per heavy atom. The molecule has 1 aliphatic heterocycles. The molecular weight excluding hydrogens is 342 g/mol. The predicted molar refractivity (Wildman–Crippen MR) is 106 cm³/mol. The quantitative estimate of drug-likeness (QED) is 0.453. The maximum atomic E-state index is 9.39. The van der Waals surface area contributed by atoms with Gasteiger partial charge in [0, 0.05) is 36.5 Å². The first-order valence-electron chi connectivity index (χ1n) is 9.54. The first-order chi connectivity index (χ1) is 12.6. The Bertz CT molecular complexity index is 764. The molecule has 0 radical (unpaired) electrons. The van der Waals surface area contributed by atoms with Crippen molar-refractivity contribution in [2.24, 2.45) is 5.92 Å². The van der Waals surface area contributed by atoms with E-state index in [1.54, 1.807) is 18.0 Å². The number of likely N-dealkylation sites (tertiary alicyclic amines) is 1.